The van der Waals surface area contributed by atoms with Crippen molar-refractivity contribution in [2.24, 2.45) is 0 Å². The summed E-state index contributed by atoms with van der Waals surface area (Å²) in [5, 5.41) is 3.40. The van der Waals surface area contributed by atoms with E-state index in [1.165, 1.54) is 52.9 Å². The molecule has 0 saturated carbocycles. The van der Waals surface area contributed by atoms with Crippen molar-refractivity contribution >= 4 is 28.9 Å². The molecule has 0 fully saturated rings. The number of rotatable bonds is 4. The number of fused-ring (bicyclic) bond motifs is 4. The SMILES string of the molecule is CC(C)(C)c1ccc2c(c1)-c1cc(C(C)(C)C)c[c](/[Zr]([C]3=CC=CC3)=[C](\c3cccc(Cl)c3)c3cccc4ccccc34)c1C2. The molecule has 0 saturated heterocycles. The van der Waals surface area contributed by atoms with Crippen molar-refractivity contribution in [3.05, 3.63) is 157 Å². The summed E-state index contributed by atoms with van der Waals surface area (Å²) < 4.78 is 4.76. The van der Waals surface area contributed by atoms with Crippen molar-refractivity contribution in [3.8, 4) is 11.1 Å². The fraction of sp³-hybridized carbons (Fsp3) is 0.233. The van der Waals surface area contributed by atoms with Crippen LogP contribution < -0.4 is 3.27 Å². The molecular weight excluding hydrogens is 643 g/mol. The van der Waals surface area contributed by atoms with Gasteiger partial charge < -0.3 is 0 Å². The summed E-state index contributed by atoms with van der Waals surface area (Å²) in [6.45, 7) is 14.1. The molecule has 0 bridgehead atoms. The number of hydrogen-bond acceptors (Lipinski definition) is 0. The minimum atomic E-state index is -2.87. The van der Waals surface area contributed by atoms with Crippen molar-refractivity contribution in [1.82, 2.24) is 0 Å². The molecule has 0 atom stereocenters. The van der Waals surface area contributed by atoms with Crippen LogP contribution in [0.2, 0.25) is 5.02 Å². The van der Waals surface area contributed by atoms with E-state index in [1.807, 2.05) is 6.07 Å². The van der Waals surface area contributed by atoms with E-state index in [4.69, 9.17) is 11.6 Å². The van der Waals surface area contributed by atoms with Crippen LogP contribution in [0.15, 0.2) is 119 Å². The molecule has 2 heteroatoms. The zero-order valence-corrected chi connectivity index (χ0v) is 30.5. The third kappa shape index (κ3) is 5.73. The number of hydrogen-bond donors (Lipinski definition) is 0. The van der Waals surface area contributed by atoms with Crippen molar-refractivity contribution < 1.29 is 21.3 Å². The van der Waals surface area contributed by atoms with Gasteiger partial charge in [0.1, 0.15) is 0 Å². The Balaban J connectivity index is 1.63. The normalized spacial score (nSPS) is 14.8. The summed E-state index contributed by atoms with van der Waals surface area (Å²) in [6, 6.07) is 36.8. The van der Waals surface area contributed by atoms with Gasteiger partial charge in [0.15, 0.2) is 0 Å². The molecular formula is C43H41ClZr. The predicted octanol–water partition coefficient (Wildman–Crippen LogP) is 11.0. The Labute approximate surface area is 281 Å². The van der Waals surface area contributed by atoms with Gasteiger partial charge in [0, 0.05) is 0 Å². The van der Waals surface area contributed by atoms with Gasteiger partial charge in [-0.05, 0) is 0 Å². The molecule has 0 unspecified atom stereocenters. The first-order chi connectivity index (χ1) is 21.5. The van der Waals surface area contributed by atoms with E-state index in [0.717, 1.165) is 17.9 Å². The molecule has 5 aromatic carbocycles. The van der Waals surface area contributed by atoms with Gasteiger partial charge in [-0.3, -0.25) is 0 Å². The van der Waals surface area contributed by atoms with Crippen molar-refractivity contribution in [2.75, 3.05) is 0 Å². The fourth-order valence-corrected chi connectivity index (χ4v) is 15.3. The molecule has 2 aliphatic carbocycles. The average molecular weight is 684 g/mol. The van der Waals surface area contributed by atoms with Crippen LogP contribution in [0.3, 0.4) is 0 Å². The van der Waals surface area contributed by atoms with Gasteiger partial charge in [-0.2, -0.15) is 0 Å². The Kier molecular flexibility index (Phi) is 7.87. The molecule has 7 rings (SSSR count). The van der Waals surface area contributed by atoms with E-state index in [9.17, 15) is 0 Å². The van der Waals surface area contributed by atoms with Crippen LogP contribution >= 0.6 is 11.6 Å². The van der Waals surface area contributed by atoms with Crippen LogP contribution in [0.1, 0.15) is 81.3 Å². The third-order valence-corrected chi connectivity index (χ3v) is 17.3. The van der Waals surface area contributed by atoms with Gasteiger partial charge in [0.25, 0.3) is 0 Å². The summed E-state index contributed by atoms with van der Waals surface area (Å²) in [5.74, 6) is 0. The summed E-state index contributed by atoms with van der Waals surface area (Å²) in [5.41, 5.74) is 11.5. The molecule has 0 nitrogen and oxygen atoms in total. The van der Waals surface area contributed by atoms with Gasteiger partial charge in [-0.15, -0.1) is 0 Å². The summed E-state index contributed by atoms with van der Waals surface area (Å²) in [6.07, 6.45) is 9.11. The topological polar surface area (TPSA) is 0 Å². The standard InChI is InChI=1S/C21H25.C17H11Cl.C5H5.Zr/c1-20(2,3)16-9-7-14-11-15-8-10-17(21(4,5)6)13-19(15)18(14)12-16;18-16-9-3-5-13(12-16)11-15-8-4-7-14-6-1-2-10-17(14)15;1-2-4-5-3-1;/h7,9-10,12-13H,11H2,1-6H3;1-10,12H;1-3H,4H2;. The first kappa shape index (κ1) is 30.5. The second kappa shape index (κ2) is 11.6. The third-order valence-electron chi connectivity index (χ3n) is 9.53. The number of allylic oxidation sites excluding steroid dienone is 4. The summed E-state index contributed by atoms with van der Waals surface area (Å²) in [7, 11) is 0. The second-order valence-electron chi connectivity index (χ2n) is 14.7. The van der Waals surface area contributed by atoms with Gasteiger partial charge in [-0.1, -0.05) is 0 Å². The molecule has 0 heterocycles. The van der Waals surface area contributed by atoms with Gasteiger partial charge >= 0.3 is 283 Å². The van der Waals surface area contributed by atoms with E-state index >= 15 is 0 Å². The first-order valence-electron chi connectivity index (χ1n) is 16.1. The van der Waals surface area contributed by atoms with Crippen LogP contribution in [0.5, 0.6) is 0 Å². The van der Waals surface area contributed by atoms with Gasteiger partial charge in [0.2, 0.25) is 0 Å². The monoisotopic (exact) mass is 682 g/mol. The molecule has 0 aliphatic heterocycles. The molecule has 2 aliphatic rings. The molecule has 224 valence electrons. The Morgan fingerprint density at radius 2 is 1.44 bits per heavy atom. The molecule has 5 aromatic rings. The van der Waals surface area contributed by atoms with E-state index in [-0.39, 0.29) is 10.8 Å². The second-order valence-corrected chi connectivity index (χ2v) is 21.1. The maximum atomic E-state index is 6.78. The van der Waals surface area contributed by atoms with E-state index in [0.29, 0.717) is 0 Å². The molecule has 45 heavy (non-hydrogen) atoms. The molecule has 0 aromatic heterocycles. The minimum absolute atomic E-state index is 0.0282. The van der Waals surface area contributed by atoms with Crippen LogP contribution in [0.4, 0.5) is 0 Å². The quantitative estimate of drug-likeness (QED) is 0.173. The Morgan fingerprint density at radius 3 is 2.18 bits per heavy atom. The summed E-state index contributed by atoms with van der Waals surface area (Å²) >= 11 is 3.91. The molecule has 0 radical (unpaired) electrons. The van der Waals surface area contributed by atoms with Crippen LogP contribution in [-0.4, -0.2) is 3.21 Å². The molecule has 0 N–H and O–H groups in total. The van der Waals surface area contributed by atoms with E-state index in [1.54, 1.807) is 12.1 Å². The Morgan fingerprint density at radius 1 is 0.711 bits per heavy atom. The molecule has 0 amide bonds. The first-order valence-corrected chi connectivity index (χ1v) is 20.2. The van der Waals surface area contributed by atoms with Crippen molar-refractivity contribution in [3.63, 3.8) is 0 Å². The zero-order chi connectivity index (χ0) is 31.5. The van der Waals surface area contributed by atoms with Crippen LogP contribution in [-0.2, 0) is 38.5 Å². The van der Waals surface area contributed by atoms with E-state index < -0.39 is 21.3 Å². The van der Waals surface area contributed by atoms with Crippen LogP contribution in [0, 0.1) is 0 Å². The predicted molar refractivity (Wildman–Crippen MR) is 192 cm³/mol. The number of benzene rings is 5. The van der Waals surface area contributed by atoms with Crippen molar-refractivity contribution in [2.45, 2.75) is 65.2 Å². The number of halogens is 1. The summed E-state index contributed by atoms with van der Waals surface area (Å²) in [4.78, 5) is 0. The van der Waals surface area contributed by atoms with Crippen LogP contribution in [0.25, 0.3) is 21.9 Å². The van der Waals surface area contributed by atoms with Gasteiger partial charge in [-0.25, -0.2) is 0 Å². The van der Waals surface area contributed by atoms with Gasteiger partial charge in [0.05, 0.1) is 0 Å². The average Bonchev–Trinajstić information content (AvgIpc) is 3.66. The fourth-order valence-electron chi connectivity index (χ4n) is 7.02. The Hall–Kier alpha value is -3.12. The maximum absolute atomic E-state index is 6.78. The zero-order valence-electron chi connectivity index (χ0n) is 27.3. The van der Waals surface area contributed by atoms with Crippen molar-refractivity contribution in [1.29, 1.82) is 0 Å². The van der Waals surface area contributed by atoms with E-state index in [2.05, 4.69) is 151 Å². The Bertz CT molecular complexity index is 2070. The molecule has 0 spiro atoms.